The van der Waals surface area contributed by atoms with Crippen molar-refractivity contribution in [1.82, 2.24) is 4.31 Å². The summed E-state index contributed by atoms with van der Waals surface area (Å²) < 4.78 is 31.7. The van der Waals surface area contributed by atoms with E-state index in [9.17, 15) is 18.0 Å². The second-order valence-corrected chi connectivity index (χ2v) is 9.50. The molecule has 1 amide bonds. The molecule has 1 saturated heterocycles. The first-order chi connectivity index (χ1) is 14.2. The summed E-state index contributed by atoms with van der Waals surface area (Å²) in [5.74, 6) is -1.33. The van der Waals surface area contributed by atoms with Gasteiger partial charge in [-0.15, -0.1) is 0 Å². The molecule has 0 unspecified atom stereocenters. The number of anilines is 1. The fourth-order valence-electron chi connectivity index (χ4n) is 2.96. The van der Waals surface area contributed by atoms with Crippen molar-refractivity contribution in [3.05, 3.63) is 58.1 Å². The summed E-state index contributed by atoms with van der Waals surface area (Å²) in [6, 6.07) is 10.2. The van der Waals surface area contributed by atoms with Crippen LogP contribution in [0.15, 0.2) is 47.4 Å². The van der Waals surface area contributed by atoms with Gasteiger partial charge in [-0.3, -0.25) is 4.79 Å². The summed E-state index contributed by atoms with van der Waals surface area (Å²) in [6.45, 7) is 2.41. The first-order valence-corrected chi connectivity index (χ1v) is 11.5. The average molecular weight is 471 g/mol. The molecule has 10 heteroatoms. The molecule has 2 aromatic rings. The number of amides is 1. The van der Waals surface area contributed by atoms with Gasteiger partial charge in [0.2, 0.25) is 10.0 Å². The topological polar surface area (TPSA) is 92.8 Å². The number of ether oxygens (including phenoxy) is 1. The molecule has 30 heavy (non-hydrogen) atoms. The minimum absolute atomic E-state index is 0.113. The summed E-state index contributed by atoms with van der Waals surface area (Å²) >= 11 is 11.9. The highest BCUT2D eigenvalue weighted by Crippen LogP contribution is 2.29. The molecule has 2 aromatic carbocycles. The third-order valence-corrected chi connectivity index (χ3v) is 7.39. The molecular weight excluding hydrogens is 451 g/mol. The van der Waals surface area contributed by atoms with Gasteiger partial charge in [0.1, 0.15) is 0 Å². The van der Waals surface area contributed by atoms with E-state index >= 15 is 0 Å². The molecular formula is C20H20Cl2N2O5S. The third-order valence-electron chi connectivity index (χ3n) is 4.66. The van der Waals surface area contributed by atoms with E-state index in [2.05, 4.69) is 5.32 Å². The Morgan fingerprint density at radius 1 is 1.07 bits per heavy atom. The summed E-state index contributed by atoms with van der Waals surface area (Å²) in [4.78, 5) is 24.8. The lowest BCUT2D eigenvalue weighted by Crippen LogP contribution is -2.30. The largest absolute Gasteiger partial charge is 0.449 e. The smallest absolute Gasteiger partial charge is 0.338 e. The van der Waals surface area contributed by atoms with Gasteiger partial charge in [-0.2, -0.15) is 4.31 Å². The fourth-order valence-corrected chi connectivity index (χ4v) is 4.82. The Labute approximate surface area is 185 Å². The number of hydrogen-bond donors (Lipinski definition) is 1. The van der Waals surface area contributed by atoms with Gasteiger partial charge in [-0.05, 0) is 56.2 Å². The van der Waals surface area contributed by atoms with Crippen molar-refractivity contribution < 1.29 is 22.7 Å². The Hall–Kier alpha value is -2.13. The lowest BCUT2D eigenvalue weighted by atomic mass is 10.2. The zero-order valence-corrected chi connectivity index (χ0v) is 18.4. The number of hydrogen-bond acceptors (Lipinski definition) is 5. The van der Waals surface area contributed by atoms with Gasteiger partial charge in [0.05, 0.1) is 26.2 Å². The van der Waals surface area contributed by atoms with E-state index < -0.39 is 28.0 Å². The molecule has 3 rings (SSSR count). The number of nitrogens with one attached hydrogen (secondary N) is 1. The Kier molecular flexibility index (Phi) is 7.02. The molecule has 1 heterocycles. The van der Waals surface area contributed by atoms with Crippen LogP contribution in [0.1, 0.15) is 30.1 Å². The number of benzene rings is 2. The van der Waals surface area contributed by atoms with Crippen molar-refractivity contribution >= 4 is 50.8 Å². The Morgan fingerprint density at radius 2 is 1.70 bits per heavy atom. The maximum absolute atomic E-state index is 12.5. The molecule has 1 aliphatic rings. The molecule has 7 nitrogen and oxygen atoms in total. The molecule has 1 N–H and O–H groups in total. The van der Waals surface area contributed by atoms with Crippen molar-refractivity contribution in [2.75, 3.05) is 18.4 Å². The summed E-state index contributed by atoms with van der Waals surface area (Å²) in [5, 5.41) is 3.01. The number of nitrogens with zero attached hydrogens (tertiary/aromatic N) is 1. The van der Waals surface area contributed by atoms with Gasteiger partial charge in [-0.1, -0.05) is 29.3 Å². The zero-order valence-electron chi connectivity index (χ0n) is 16.1. The second-order valence-electron chi connectivity index (χ2n) is 6.77. The molecule has 0 saturated carbocycles. The van der Waals surface area contributed by atoms with E-state index in [0.717, 1.165) is 12.8 Å². The van der Waals surface area contributed by atoms with Crippen LogP contribution >= 0.6 is 23.2 Å². The number of rotatable bonds is 6. The summed E-state index contributed by atoms with van der Waals surface area (Å²) in [7, 11) is -3.57. The van der Waals surface area contributed by atoms with Crippen LogP contribution in [0.3, 0.4) is 0 Å². The Bertz CT molecular complexity index is 1050. The molecule has 0 bridgehead atoms. The molecule has 1 atom stereocenters. The van der Waals surface area contributed by atoms with E-state index in [1.165, 1.54) is 35.5 Å². The van der Waals surface area contributed by atoms with Crippen molar-refractivity contribution in [2.24, 2.45) is 0 Å². The zero-order chi connectivity index (χ0) is 21.9. The molecule has 0 radical (unpaired) electrons. The quantitative estimate of drug-likeness (QED) is 0.644. The standard InChI is InChI=1S/C20H20Cl2N2O5S/c1-13(19(25)23-17-6-4-5-16(21)18(17)22)29-20(26)14-7-9-15(10-8-14)30(27,28)24-11-2-3-12-24/h4-10,13H,2-3,11-12H2,1H3,(H,23,25)/t13-/m1/s1. The van der Waals surface area contributed by atoms with Crippen LogP contribution in [-0.2, 0) is 19.6 Å². The fraction of sp³-hybridized carbons (Fsp3) is 0.300. The van der Waals surface area contributed by atoms with E-state index in [1.54, 1.807) is 18.2 Å². The molecule has 0 spiro atoms. The van der Waals surface area contributed by atoms with Gasteiger partial charge in [0.25, 0.3) is 5.91 Å². The predicted octanol–water partition coefficient (Wildman–Crippen LogP) is 3.96. The first-order valence-electron chi connectivity index (χ1n) is 9.26. The van der Waals surface area contributed by atoms with Crippen molar-refractivity contribution in [3.8, 4) is 0 Å². The number of sulfonamides is 1. The first kappa shape index (κ1) is 22.6. The number of carbonyl (C=O) groups excluding carboxylic acids is 2. The maximum atomic E-state index is 12.5. The molecule has 1 aliphatic heterocycles. The van der Waals surface area contributed by atoms with Gasteiger partial charge in [0, 0.05) is 13.1 Å². The van der Waals surface area contributed by atoms with Crippen LogP contribution in [0.2, 0.25) is 10.0 Å². The second kappa shape index (κ2) is 9.34. The minimum atomic E-state index is -3.57. The van der Waals surface area contributed by atoms with Crippen molar-refractivity contribution in [3.63, 3.8) is 0 Å². The normalized spacial score (nSPS) is 15.6. The summed E-state index contributed by atoms with van der Waals surface area (Å²) in [6.07, 6.45) is 0.564. The monoisotopic (exact) mass is 470 g/mol. The van der Waals surface area contributed by atoms with Crippen LogP contribution in [0.4, 0.5) is 5.69 Å². The van der Waals surface area contributed by atoms with Crippen LogP contribution in [-0.4, -0.2) is 43.8 Å². The van der Waals surface area contributed by atoms with E-state index in [-0.39, 0.29) is 20.5 Å². The van der Waals surface area contributed by atoms with E-state index in [0.29, 0.717) is 18.8 Å². The highest BCUT2D eigenvalue weighted by atomic mass is 35.5. The predicted molar refractivity (Wildman–Crippen MR) is 114 cm³/mol. The van der Waals surface area contributed by atoms with Crippen LogP contribution in [0.5, 0.6) is 0 Å². The number of halogens is 2. The summed E-state index contributed by atoms with van der Waals surface area (Å²) in [5.41, 5.74) is 0.435. The average Bonchev–Trinajstić information content (AvgIpc) is 3.27. The van der Waals surface area contributed by atoms with Gasteiger partial charge < -0.3 is 10.1 Å². The van der Waals surface area contributed by atoms with Gasteiger partial charge in [-0.25, -0.2) is 13.2 Å². The third kappa shape index (κ3) is 4.95. The Balaban J connectivity index is 1.63. The maximum Gasteiger partial charge on any atom is 0.338 e. The number of esters is 1. The molecule has 160 valence electrons. The van der Waals surface area contributed by atoms with E-state index in [1.807, 2.05) is 0 Å². The highest BCUT2D eigenvalue weighted by Gasteiger charge is 2.27. The van der Waals surface area contributed by atoms with Crippen molar-refractivity contribution in [2.45, 2.75) is 30.8 Å². The van der Waals surface area contributed by atoms with Crippen LogP contribution in [0.25, 0.3) is 0 Å². The van der Waals surface area contributed by atoms with E-state index in [4.69, 9.17) is 27.9 Å². The lowest BCUT2D eigenvalue weighted by molar-refractivity contribution is -0.123. The minimum Gasteiger partial charge on any atom is -0.449 e. The SMILES string of the molecule is C[C@@H](OC(=O)c1ccc(S(=O)(=O)N2CCCC2)cc1)C(=O)Nc1cccc(Cl)c1Cl. The van der Waals surface area contributed by atoms with Crippen LogP contribution in [0, 0.1) is 0 Å². The molecule has 0 aromatic heterocycles. The van der Waals surface area contributed by atoms with Crippen molar-refractivity contribution in [1.29, 1.82) is 0 Å². The lowest BCUT2D eigenvalue weighted by Gasteiger charge is -2.16. The van der Waals surface area contributed by atoms with Gasteiger partial charge in [0.15, 0.2) is 6.10 Å². The Morgan fingerprint density at radius 3 is 2.33 bits per heavy atom. The van der Waals surface area contributed by atoms with Gasteiger partial charge >= 0.3 is 5.97 Å². The highest BCUT2D eigenvalue weighted by molar-refractivity contribution is 7.89. The molecule has 0 aliphatic carbocycles. The van der Waals surface area contributed by atoms with Crippen LogP contribution < -0.4 is 5.32 Å². The molecule has 1 fully saturated rings. The number of carbonyl (C=O) groups is 2.